The minimum absolute atomic E-state index is 0.151. The first-order valence-electron chi connectivity index (χ1n) is 5.96. The van der Waals surface area contributed by atoms with E-state index in [1.165, 1.54) is 24.3 Å². The number of ether oxygens (including phenoxy) is 1. The summed E-state index contributed by atoms with van der Waals surface area (Å²) in [5, 5.41) is 2.39. The third-order valence-electron chi connectivity index (χ3n) is 2.75. The van der Waals surface area contributed by atoms with Gasteiger partial charge in [-0.3, -0.25) is 4.79 Å². The fourth-order valence-electron chi connectivity index (χ4n) is 1.71. The molecule has 0 saturated carbocycles. The summed E-state index contributed by atoms with van der Waals surface area (Å²) < 4.78 is 31.4. The number of nitrogens with one attached hydrogen (secondary N) is 1. The van der Waals surface area contributed by atoms with Crippen molar-refractivity contribution in [3.05, 3.63) is 65.2 Å². The number of anilines is 1. The Kier molecular flexibility index (Phi) is 4.27. The lowest BCUT2D eigenvalue weighted by Gasteiger charge is -2.08. The summed E-state index contributed by atoms with van der Waals surface area (Å²) in [6.07, 6.45) is 0. The molecule has 0 aromatic heterocycles. The summed E-state index contributed by atoms with van der Waals surface area (Å²) in [7, 11) is 1.12. The monoisotopic (exact) mass is 291 g/mol. The Morgan fingerprint density at radius 1 is 1.00 bits per heavy atom. The molecule has 4 nitrogen and oxygen atoms in total. The van der Waals surface area contributed by atoms with Crippen LogP contribution in [0, 0.1) is 11.6 Å². The minimum Gasteiger partial charge on any atom is -0.465 e. The Morgan fingerprint density at radius 3 is 2.33 bits per heavy atom. The number of halogens is 2. The minimum atomic E-state index is -0.866. The molecule has 1 N–H and O–H groups in total. The number of hydrogen-bond donors (Lipinski definition) is 1. The van der Waals surface area contributed by atoms with Crippen molar-refractivity contribution in [2.75, 3.05) is 12.4 Å². The topological polar surface area (TPSA) is 55.4 Å². The van der Waals surface area contributed by atoms with Gasteiger partial charge in [0.25, 0.3) is 5.91 Å². The quantitative estimate of drug-likeness (QED) is 0.884. The van der Waals surface area contributed by atoms with Gasteiger partial charge in [-0.15, -0.1) is 0 Å². The molecular formula is C15H11F2NO3. The van der Waals surface area contributed by atoms with E-state index in [2.05, 4.69) is 10.1 Å². The van der Waals surface area contributed by atoms with Crippen molar-refractivity contribution in [3.63, 3.8) is 0 Å². The van der Waals surface area contributed by atoms with Crippen molar-refractivity contribution in [2.24, 2.45) is 0 Å². The number of hydrogen-bond acceptors (Lipinski definition) is 3. The molecule has 1 amide bonds. The van der Waals surface area contributed by atoms with Gasteiger partial charge in [0.2, 0.25) is 0 Å². The normalized spacial score (nSPS) is 10.0. The molecule has 0 unspecified atom stereocenters. The molecule has 2 aromatic rings. The largest absolute Gasteiger partial charge is 0.465 e. The molecular weight excluding hydrogens is 280 g/mol. The molecule has 0 fully saturated rings. The first kappa shape index (κ1) is 14.6. The standard InChI is InChI=1S/C15H11F2NO3/c1-21-15(20)11-8-9(6-7-13(11)17)18-14(19)10-4-2-3-5-12(10)16/h2-8H,1H3,(H,18,19). The van der Waals surface area contributed by atoms with Crippen LogP contribution < -0.4 is 5.32 Å². The van der Waals surface area contributed by atoms with Gasteiger partial charge in [-0.2, -0.15) is 0 Å². The highest BCUT2D eigenvalue weighted by atomic mass is 19.1. The summed E-state index contributed by atoms with van der Waals surface area (Å²) in [4.78, 5) is 23.3. The van der Waals surface area contributed by atoms with E-state index in [-0.39, 0.29) is 16.8 Å². The Morgan fingerprint density at radius 2 is 1.67 bits per heavy atom. The molecule has 0 radical (unpaired) electrons. The van der Waals surface area contributed by atoms with E-state index in [1.54, 1.807) is 0 Å². The molecule has 0 aliphatic rings. The van der Waals surface area contributed by atoms with Crippen LogP contribution in [0.4, 0.5) is 14.5 Å². The predicted octanol–water partition coefficient (Wildman–Crippen LogP) is 3.00. The molecule has 6 heteroatoms. The van der Waals surface area contributed by atoms with Crippen LogP contribution in [-0.2, 0) is 4.74 Å². The number of amides is 1. The SMILES string of the molecule is COC(=O)c1cc(NC(=O)c2ccccc2F)ccc1F. The maximum Gasteiger partial charge on any atom is 0.340 e. The summed E-state index contributed by atoms with van der Waals surface area (Å²) >= 11 is 0. The second-order valence-electron chi connectivity index (χ2n) is 4.12. The predicted molar refractivity (Wildman–Crippen MR) is 72.1 cm³/mol. The van der Waals surface area contributed by atoms with Crippen LogP contribution in [0.15, 0.2) is 42.5 Å². The summed E-state index contributed by atoms with van der Waals surface area (Å²) in [5.41, 5.74) is -0.310. The average Bonchev–Trinajstić information content (AvgIpc) is 2.48. The fraction of sp³-hybridized carbons (Fsp3) is 0.0667. The Balaban J connectivity index is 2.26. The number of benzene rings is 2. The smallest absolute Gasteiger partial charge is 0.340 e. The molecule has 0 aliphatic carbocycles. The van der Waals surface area contributed by atoms with Crippen LogP contribution in [0.3, 0.4) is 0 Å². The molecule has 0 heterocycles. The zero-order chi connectivity index (χ0) is 15.4. The molecule has 0 atom stereocenters. The highest BCUT2D eigenvalue weighted by Gasteiger charge is 2.15. The van der Waals surface area contributed by atoms with E-state index >= 15 is 0 Å². The summed E-state index contributed by atoms with van der Waals surface area (Å²) in [5.74, 6) is -3.01. The summed E-state index contributed by atoms with van der Waals surface area (Å²) in [6.45, 7) is 0. The van der Waals surface area contributed by atoms with E-state index in [9.17, 15) is 18.4 Å². The number of methoxy groups -OCH3 is 1. The van der Waals surface area contributed by atoms with E-state index in [0.717, 1.165) is 25.3 Å². The number of carbonyl (C=O) groups is 2. The van der Waals surface area contributed by atoms with Gasteiger partial charge in [0.05, 0.1) is 18.2 Å². The van der Waals surface area contributed by atoms with Gasteiger partial charge >= 0.3 is 5.97 Å². The van der Waals surface area contributed by atoms with Gasteiger partial charge in [-0.25, -0.2) is 13.6 Å². The first-order chi connectivity index (χ1) is 10.0. The van der Waals surface area contributed by atoms with Crippen LogP contribution in [0.25, 0.3) is 0 Å². The van der Waals surface area contributed by atoms with E-state index < -0.39 is 23.5 Å². The zero-order valence-electron chi connectivity index (χ0n) is 11.0. The molecule has 0 spiro atoms. The van der Waals surface area contributed by atoms with Crippen LogP contribution in [0.5, 0.6) is 0 Å². The van der Waals surface area contributed by atoms with E-state index in [1.807, 2.05) is 0 Å². The number of carbonyl (C=O) groups excluding carboxylic acids is 2. The molecule has 2 aromatic carbocycles. The Bertz CT molecular complexity index is 701. The second kappa shape index (κ2) is 6.13. The van der Waals surface area contributed by atoms with Gasteiger partial charge in [-0.1, -0.05) is 12.1 Å². The van der Waals surface area contributed by atoms with Crippen molar-refractivity contribution >= 4 is 17.6 Å². The van der Waals surface area contributed by atoms with Gasteiger partial charge in [0.1, 0.15) is 11.6 Å². The Labute approximate surface area is 119 Å². The first-order valence-corrected chi connectivity index (χ1v) is 5.96. The lowest BCUT2D eigenvalue weighted by molar-refractivity contribution is 0.0595. The van der Waals surface area contributed by atoms with Crippen LogP contribution in [-0.4, -0.2) is 19.0 Å². The highest BCUT2D eigenvalue weighted by molar-refractivity contribution is 6.05. The van der Waals surface area contributed by atoms with Crippen molar-refractivity contribution < 1.29 is 23.1 Å². The van der Waals surface area contributed by atoms with Gasteiger partial charge in [-0.05, 0) is 30.3 Å². The third kappa shape index (κ3) is 3.22. The number of rotatable bonds is 3. The average molecular weight is 291 g/mol. The van der Waals surface area contributed by atoms with Crippen molar-refractivity contribution in [3.8, 4) is 0 Å². The van der Waals surface area contributed by atoms with Crippen LogP contribution >= 0.6 is 0 Å². The van der Waals surface area contributed by atoms with Crippen LogP contribution in [0.1, 0.15) is 20.7 Å². The van der Waals surface area contributed by atoms with Gasteiger partial charge in [0, 0.05) is 5.69 Å². The van der Waals surface area contributed by atoms with Crippen molar-refractivity contribution in [1.29, 1.82) is 0 Å². The maximum atomic E-state index is 13.5. The van der Waals surface area contributed by atoms with Crippen molar-refractivity contribution in [1.82, 2.24) is 0 Å². The molecule has 108 valence electrons. The molecule has 21 heavy (non-hydrogen) atoms. The fourth-order valence-corrected chi connectivity index (χ4v) is 1.71. The molecule has 0 aliphatic heterocycles. The third-order valence-corrected chi connectivity index (χ3v) is 2.75. The van der Waals surface area contributed by atoms with Crippen molar-refractivity contribution in [2.45, 2.75) is 0 Å². The molecule has 0 saturated heterocycles. The lowest BCUT2D eigenvalue weighted by atomic mass is 10.1. The van der Waals surface area contributed by atoms with Gasteiger partial charge < -0.3 is 10.1 Å². The molecule has 0 bridgehead atoms. The van der Waals surface area contributed by atoms with E-state index in [4.69, 9.17) is 0 Å². The zero-order valence-corrected chi connectivity index (χ0v) is 11.0. The lowest BCUT2D eigenvalue weighted by Crippen LogP contribution is -2.14. The summed E-state index contributed by atoms with van der Waals surface area (Å²) in [6, 6.07) is 8.85. The second-order valence-corrected chi connectivity index (χ2v) is 4.12. The highest BCUT2D eigenvalue weighted by Crippen LogP contribution is 2.17. The van der Waals surface area contributed by atoms with Crippen LogP contribution in [0.2, 0.25) is 0 Å². The maximum absolute atomic E-state index is 13.5. The van der Waals surface area contributed by atoms with Gasteiger partial charge in [0.15, 0.2) is 0 Å². The van der Waals surface area contributed by atoms with E-state index in [0.29, 0.717) is 0 Å². The number of esters is 1. The Hall–Kier alpha value is -2.76. The molecule has 2 rings (SSSR count).